The highest BCUT2D eigenvalue weighted by molar-refractivity contribution is 5.95. The Morgan fingerprint density at radius 1 is 1.11 bits per heavy atom. The first-order chi connectivity index (χ1) is 13.0. The van der Waals surface area contributed by atoms with Crippen molar-refractivity contribution in [2.75, 3.05) is 27.4 Å². The molecule has 27 heavy (non-hydrogen) atoms. The maximum absolute atomic E-state index is 13.6. The normalized spacial score (nSPS) is 10.2. The number of halogens is 1. The first kappa shape index (κ1) is 20.0. The van der Waals surface area contributed by atoms with Crippen LogP contribution >= 0.6 is 0 Å². The molecule has 0 spiro atoms. The summed E-state index contributed by atoms with van der Waals surface area (Å²) in [5.41, 5.74) is 5.86. The maximum atomic E-state index is 13.6. The van der Waals surface area contributed by atoms with Crippen LogP contribution in [0.15, 0.2) is 36.4 Å². The average molecular weight is 376 g/mol. The molecule has 0 fully saturated rings. The summed E-state index contributed by atoms with van der Waals surface area (Å²) >= 11 is 0. The van der Waals surface area contributed by atoms with E-state index >= 15 is 0 Å². The van der Waals surface area contributed by atoms with Gasteiger partial charge in [0.15, 0.2) is 18.1 Å². The van der Waals surface area contributed by atoms with Crippen LogP contribution in [-0.4, -0.2) is 39.2 Å². The first-order valence-corrected chi connectivity index (χ1v) is 8.15. The lowest BCUT2D eigenvalue weighted by Gasteiger charge is -2.15. The topological polar surface area (TPSA) is 99.9 Å². The van der Waals surface area contributed by atoms with Gasteiger partial charge in [0.05, 0.1) is 14.2 Å². The Balaban J connectivity index is 2.11. The quantitative estimate of drug-likeness (QED) is 0.694. The van der Waals surface area contributed by atoms with E-state index in [4.69, 9.17) is 19.9 Å². The summed E-state index contributed by atoms with van der Waals surface area (Å²) in [4.78, 5) is 23.3. The predicted molar refractivity (Wildman–Crippen MR) is 96.7 cm³/mol. The SMILES string of the molecule is COc1cc(C(=O)NCCc2ccccc2F)cc(OC)c1OCC(N)=O. The number of hydrogen-bond donors (Lipinski definition) is 2. The minimum absolute atomic E-state index is 0.168. The zero-order valence-corrected chi connectivity index (χ0v) is 15.1. The van der Waals surface area contributed by atoms with Gasteiger partial charge >= 0.3 is 0 Å². The van der Waals surface area contributed by atoms with Gasteiger partial charge in [0.2, 0.25) is 5.75 Å². The van der Waals surface area contributed by atoms with Crippen LogP contribution in [0.5, 0.6) is 17.2 Å². The molecule has 7 nitrogen and oxygen atoms in total. The smallest absolute Gasteiger partial charge is 0.255 e. The molecule has 2 aromatic rings. The number of methoxy groups -OCH3 is 2. The van der Waals surface area contributed by atoms with Gasteiger partial charge in [-0.25, -0.2) is 4.39 Å². The summed E-state index contributed by atoms with van der Waals surface area (Å²) in [5, 5.41) is 2.72. The van der Waals surface area contributed by atoms with Crippen LogP contribution < -0.4 is 25.3 Å². The minimum Gasteiger partial charge on any atom is -0.493 e. The van der Waals surface area contributed by atoms with Crippen LogP contribution in [0.25, 0.3) is 0 Å². The number of nitrogens with two attached hydrogens (primary N) is 1. The lowest BCUT2D eigenvalue weighted by Crippen LogP contribution is -2.26. The predicted octanol–water partition coefficient (Wildman–Crippen LogP) is 1.68. The molecule has 2 amide bonds. The number of ether oxygens (including phenoxy) is 3. The number of carbonyl (C=O) groups excluding carboxylic acids is 2. The number of nitrogens with one attached hydrogen (secondary N) is 1. The average Bonchev–Trinajstić information content (AvgIpc) is 2.66. The molecule has 144 valence electrons. The van der Waals surface area contributed by atoms with Gasteiger partial charge in [0.1, 0.15) is 5.82 Å². The Kier molecular flexibility index (Phi) is 6.99. The summed E-state index contributed by atoms with van der Waals surface area (Å²) in [6.07, 6.45) is 0.354. The van der Waals surface area contributed by atoms with Gasteiger partial charge in [0, 0.05) is 12.1 Å². The third kappa shape index (κ3) is 5.34. The molecule has 0 aliphatic rings. The van der Waals surface area contributed by atoms with E-state index in [-0.39, 0.29) is 47.7 Å². The number of benzene rings is 2. The summed E-state index contributed by atoms with van der Waals surface area (Å²) in [5.74, 6) is -0.754. The van der Waals surface area contributed by atoms with Crippen LogP contribution in [0.2, 0.25) is 0 Å². The van der Waals surface area contributed by atoms with Crippen molar-refractivity contribution in [3.05, 3.63) is 53.3 Å². The highest BCUT2D eigenvalue weighted by Gasteiger charge is 2.18. The molecule has 0 radical (unpaired) electrons. The van der Waals surface area contributed by atoms with Crippen molar-refractivity contribution in [2.45, 2.75) is 6.42 Å². The van der Waals surface area contributed by atoms with E-state index in [1.165, 1.54) is 32.4 Å². The van der Waals surface area contributed by atoms with Crippen molar-refractivity contribution in [2.24, 2.45) is 5.73 Å². The highest BCUT2D eigenvalue weighted by Crippen LogP contribution is 2.38. The van der Waals surface area contributed by atoms with Crippen LogP contribution in [-0.2, 0) is 11.2 Å². The number of primary amides is 1. The third-order valence-corrected chi connectivity index (χ3v) is 3.72. The molecule has 2 rings (SSSR count). The van der Waals surface area contributed by atoms with Crippen LogP contribution in [0, 0.1) is 5.82 Å². The van der Waals surface area contributed by atoms with E-state index in [0.717, 1.165) is 0 Å². The van der Waals surface area contributed by atoms with Gasteiger partial charge in [0.25, 0.3) is 11.8 Å². The number of amides is 2. The van der Waals surface area contributed by atoms with E-state index in [9.17, 15) is 14.0 Å². The number of hydrogen-bond acceptors (Lipinski definition) is 5. The lowest BCUT2D eigenvalue weighted by atomic mass is 10.1. The summed E-state index contributed by atoms with van der Waals surface area (Å²) in [6.45, 7) is -0.106. The molecule has 0 saturated heterocycles. The Bertz CT molecular complexity index is 800. The molecule has 0 aliphatic heterocycles. The van der Waals surface area contributed by atoms with Gasteiger partial charge in [-0.05, 0) is 30.2 Å². The van der Waals surface area contributed by atoms with E-state index in [1.807, 2.05) is 0 Å². The Labute approximate surface area is 156 Å². The fraction of sp³-hybridized carbons (Fsp3) is 0.263. The standard InChI is InChI=1S/C19H21FN2O5/c1-25-15-9-13(10-16(26-2)18(15)27-11-17(21)23)19(24)22-8-7-12-5-3-4-6-14(12)20/h3-6,9-10H,7-8,11H2,1-2H3,(H2,21,23)(H,22,24). The molecule has 2 aromatic carbocycles. The third-order valence-electron chi connectivity index (χ3n) is 3.72. The Hall–Kier alpha value is -3.29. The van der Waals surface area contributed by atoms with E-state index in [1.54, 1.807) is 18.2 Å². The fourth-order valence-electron chi connectivity index (χ4n) is 2.41. The monoisotopic (exact) mass is 376 g/mol. The molecule has 0 heterocycles. The van der Waals surface area contributed by atoms with Crippen molar-refractivity contribution < 1.29 is 28.2 Å². The molecule has 8 heteroatoms. The molecule has 0 saturated carbocycles. The summed E-state index contributed by atoms with van der Waals surface area (Å²) < 4.78 is 29.3. The van der Waals surface area contributed by atoms with E-state index in [2.05, 4.69) is 5.32 Å². The van der Waals surface area contributed by atoms with Gasteiger partial charge < -0.3 is 25.3 Å². The van der Waals surface area contributed by atoms with Crippen LogP contribution in [0.4, 0.5) is 4.39 Å². The zero-order valence-electron chi connectivity index (χ0n) is 15.1. The second-order valence-electron chi connectivity index (χ2n) is 5.56. The largest absolute Gasteiger partial charge is 0.493 e. The second kappa shape index (κ2) is 9.42. The second-order valence-corrected chi connectivity index (χ2v) is 5.56. The van der Waals surface area contributed by atoms with Crippen LogP contribution in [0.3, 0.4) is 0 Å². The van der Waals surface area contributed by atoms with Gasteiger partial charge in [-0.1, -0.05) is 18.2 Å². The van der Waals surface area contributed by atoms with Crippen molar-refractivity contribution in [3.8, 4) is 17.2 Å². The molecular weight excluding hydrogens is 355 g/mol. The number of rotatable bonds is 9. The maximum Gasteiger partial charge on any atom is 0.255 e. The molecule has 3 N–H and O–H groups in total. The van der Waals surface area contributed by atoms with E-state index < -0.39 is 5.91 Å². The fourth-order valence-corrected chi connectivity index (χ4v) is 2.41. The Morgan fingerprint density at radius 3 is 2.30 bits per heavy atom. The van der Waals surface area contributed by atoms with Gasteiger partial charge in [-0.2, -0.15) is 0 Å². The first-order valence-electron chi connectivity index (χ1n) is 8.15. The minimum atomic E-state index is -0.658. The highest BCUT2D eigenvalue weighted by atomic mass is 19.1. The molecule has 0 unspecified atom stereocenters. The van der Waals surface area contributed by atoms with Crippen LogP contribution in [0.1, 0.15) is 15.9 Å². The summed E-state index contributed by atoms with van der Waals surface area (Å²) in [6, 6.07) is 9.29. The summed E-state index contributed by atoms with van der Waals surface area (Å²) in [7, 11) is 2.79. The van der Waals surface area contributed by atoms with Gasteiger partial charge in [-0.3, -0.25) is 9.59 Å². The van der Waals surface area contributed by atoms with Gasteiger partial charge in [-0.15, -0.1) is 0 Å². The van der Waals surface area contributed by atoms with Crippen molar-refractivity contribution in [1.29, 1.82) is 0 Å². The molecule has 0 atom stereocenters. The Morgan fingerprint density at radius 2 is 1.74 bits per heavy atom. The molecule has 0 bridgehead atoms. The molecular formula is C19H21FN2O5. The van der Waals surface area contributed by atoms with Crippen molar-refractivity contribution in [3.63, 3.8) is 0 Å². The zero-order chi connectivity index (χ0) is 19.8. The number of carbonyl (C=O) groups is 2. The molecule has 0 aromatic heterocycles. The molecule has 0 aliphatic carbocycles. The van der Waals surface area contributed by atoms with E-state index in [0.29, 0.717) is 12.0 Å². The van der Waals surface area contributed by atoms with Crippen molar-refractivity contribution >= 4 is 11.8 Å². The van der Waals surface area contributed by atoms with Crippen molar-refractivity contribution in [1.82, 2.24) is 5.32 Å². The lowest BCUT2D eigenvalue weighted by molar-refractivity contribution is -0.120.